The van der Waals surface area contributed by atoms with Crippen LogP contribution in [0.5, 0.6) is 0 Å². The highest BCUT2D eigenvalue weighted by molar-refractivity contribution is 6.30. The van der Waals surface area contributed by atoms with E-state index < -0.39 is 11.9 Å². The Kier molecular flexibility index (Phi) is 3.62. The Bertz CT molecular complexity index is 551. The summed E-state index contributed by atoms with van der Waals surface area (Å²) >= 11 is 5.82. The molecule has 94 valence electrons. The van der Waals surface area contributed by atoms with Gasteiger partial charge in [-0.1, -0.05) is 23.7 Å². The number of carboxylic acid groups (broad SMARTS) is 1. The molecule has 2 aromatic rings. The fourth-order valence-corrected chi connectivity index (χ4v) is 1.72. The van der Waals surface area contributed by atoms with Gasteiger partial charge in [-0.25, -0.2) is 4.68 Å². The zero-order valence-electron chi connectivity index (χ0n) is 9.75. The van der Waals surface area contributed by atoms with Crippen LogP contribution >= 0.6 is 11.6 Å². The summed E-state index contributed by atoms with van der Waals surface area (Å²) in [5.74, 6) is -1.31. The largest absolute Gasteiger partial charge is 0.481 e. The predicted molar refractivity (Wildman–Crippen MR) is 66.9 cm³/mol. The van der Waals surface area contributed by atoms with E-state index in [9.17, 15) is 4.79 Å². The molecule has 0 saturated carbocycles. The first-order valence-electron chi connectivity index (χ1n) is 5.46. The predicted octanol–water partition coefficient (Wildman–Crippen LogP) is 2.18. The molecule has 1 aromatic heterocycles. The number of halogens is 1. The number of benzene rings is 1. The molecule has 0 aliphatic carbocycles. The van der Waals surface area contributed by atoms with E-state index in [1.165, 1.54) is 0 Å². The van der Waals surface area contributed by atoms with E-state index in [4.69, 9.17) is 16.7 Å². The molecule has 0 aliphatic heterocycles. The minimum Gasteiger partial charge on any atom is -0.481 e. The highest BCUT2D eigenvalue weighted by atomic mass is 35.5. The van der Waals surface area contributed by atoms with E-state index in [1.54, 1.807) is 29.9 Å². The molecule has 0 bridgehead atoms. The van der Waals surface area contributed by atoms with Gasteiger partial charge in [-0.15, -0.1) is 5.10 Å². The molecule has 1 heterocycles. The average molecular weight is 266 g/mol. The zero-order chi connectivity index (χ0) is 13.1. The lowest BCUT2D eigenvalue weighted by molar-refractivity contribution is -0.141. The number of hydrogen-bond donors (Lipinski definition) is 1. The third-order valence-electron chi connectivity index (χ3n) is 2.63. The third-order valence-corrected chi connectivity index (χ3v) is 2.88. The molecule has 1 N–H and O–H groups in total. The van der Waals surface area contributed by atoms with Crippen molar-refractivity contribution in [3.63, 3.8) is 0 Å². The molecule has 1 unspecified atom stereocenters. The maximum absolute atomic E-state index is 10.9. The summed E-state index contributed by atoms with van der Waals surface area (Å²) in [7, 11) is 0. The van der Waals surface area contributed by atoms with Gasteiger partial charge in [-0.05, 0) is 24.3 Å². The lowest BCUT2D eigenvalue weighted by atomic mass is 10.1. The number of nitrogens with zero attached hydrogens (tertiary/aromatic N) is 3. The summed E-state index contributed by atoms with van der Waals surface area (Å²) in [5.41, 5.74) is 1.57. The Labute approximate surface area is 109 Å². The van der Waals surface area contributed by atoms with Crippen LogP contribution in [0, 0.1) is 5.92 Å². The quantitative estimate of drug-likeness (QED) is 0.920. The number of carbonyl (C=O) groups is 1. The monoisotopic (exact) mass is 265 g/mol. The Balaban J connectivity index is 2.27. The summed E-state index contributed by atoms with van der Waals surface area (Å²) in [6.45, 7) is 1.65. The van der Waals surface area contributed by atoms with Crippen molar-refractivity contribution in [1.82, 2.24) is 15.0 Å². The van der Waals surface area contributed by atoms with Gasteiger partial charge in [0.05, 0.1) is 23.5 Å². The molecule has 6 heteroatoms. The number of rotatable bonds is 4. The fourth-order valence-electron chi connectivity index (χ4n) is 1.60. The number of aromatic nitrogens is 3. The summed E-state index contributed by atoms with van der Waals surface area (Å²) in [6.07, 6.45) is 1.96. The van der Waals surface area contributed by atoms with Crippen molar-refractivity contribution in [2.45, 2.75) is 13.3 Å². The fraction of sp³-hybridized carbons (Fsp3) is 0.250. The minimum atomic E-state index is -0.834. The van der Waals surface area contributed by atoms with Crippen LogP contribution in [0.2, 0.25) is 5.02 Å². The average Bonchev–Trinajstić information content (AvgIpc) is 2.78. The summed E-state index contributed by atoms with van der Waals surface area (Å²) in [6, 6.07) is 7.13. The van der Waals surface area contributed by atoms with E-state index >= 15 is 0 Å². The maximum Gasteiger partial charge on any atom is 0.306 e. The van der Waals surface area contributed by atoms with Crippen LogP contribution in [0.1, 0.15) is 12.6 Å². The van der Waals surface area contributed by atoms with Gasteiger partial charge in [0.2, 0.25) is 0 Å². The lowest BCUT2D eigenvalue weighted by Crippen LogP contribution is -2.14. The molecule has 1 atom stereocenters. The highest BCUT2D eigenvalue weighted by Crippen LogP contribution is 2.16. The molecule has 5 nitrogen and oxygen atoms in total. The zero-order valence-corrected chi connectivity index (χ0v) is 10.5. The van der Waals surface area contributed by atoms with Crippen molar-refractivity contribution in [2.75, 3.05) is 0 Å². The van der Waals surface area contributed by atoms with Gasteiger partial charge in [0.25, 0.3) is 0 Å². The first-order valence-corrected chi connectivity index (χ1v) is 5.84. The summed E-state index contributed by atoms with van der Waals surface area (Å²) < 4.78 is 1.62. The van der Waals surface area contributed by atoms with Crippen LogP contribution in [0.15, 0.2) is 30.5 Å². The van der Waals surface area contributed by atoms with E-state index in [1.807, 2.05) is 12.1 Å². The number of hydrogen-bond acceptors (Lipinski definition) is 3. The van der Waals surface area contributed by atoms with E-state index in [0.29, 0.717) is 11.4 Å². The smallest absolute Gasteiger partial charge is 0.306 e. The maximum atomic E-state index is 10.9. The first-order chi connectivity index (χ1) is 8.58. The van der Waals surface area contributed by atoms with Crippen molar-refractivity contribution in [2.24, 2.45) is 5.92 Å². The summed E-state index contributed by atoms with van der Waals surface area (Å²) in [5, 5.41) is 17.3. The van der Waals surface area contributed by atoms with E-state index in [-0.39, 0.29) is 0 Å². The van der Waals surface area contributed by atoms with Crippen molar-refractivity contribution in [3.05, 3.63) is 41.2 Å². The third kappa shape index (κ3) is 2.68. The Morgan fingerprint density at radius 3 is 2.72 bits per heavy atom. The van der Waals surface area contributed by atoms with E-state index in [0.717, 1.165) is 11.4 Å². The van der Waals surface area contributed by atoms with Crippen LogP contribution in [0.4, 0.5) is 0 Å². The normalized spacial score (nSPS) is 12.3. The molecule has 1 aromatic carbocycles. The summed E-state index contributed by atoms with van der Waals surface area (Å²) in [4.78, 5) is 10.9. The second-order valence-corrected chi connectivity index (χ2v) is 4.49. The standard InChI is InChI=1S/C12H12ClN3O2/c1-8(12(17)18)6-11-7-14-15-16(11)10-4-2-9(13)3-5-10/h2-5,7-8H,6H2,1H3,(H,17,18). The highest BCUT2D eigenvalue weighted by Gasteiger charge is 2.15. The van der Waals surface area contributed by atoms with Crippen molar-refractivity contribution >= 4 is 17.6 Å². The molecular weight excluding hydrogens is 254 g/mol. The van der Waals surface area contributed by atoms with Crippen molar-refractivity contribution < 1.29 is 9.90 Å². The molecule has 0 amide bonds. The van der Waals surface area contributed by atoms with Crippen molar-refractivity contribution in [3.8, 4) is 5.69 Å². The van der Waals surface area contributed by atoms with Gasteiger partial charge >= 0.3 is 5.97 Å². The van der Waals surface area contributed by atoms with E-state index in [2.05, 4.69) is 10.3 Å². The lowest BCUT2D eigenvalue weighted by Gasteiger charge is -2.08. The van der Waals surface area contributed by atoms with Gasteiger partial charge in [-0.2, -0.15) is 0 Å². The van der Waals surface area contributed by atoms with Crippen LogP contribution in [-0.2, 0) is 11.2 Å². The first kappa shape index (κ1) is 12.6. The van der Waals surface area contributed by atoms with Crippen molar-refractivity contribution in [1.29, 1.82) is 0 Å². The Morgan fingerprint density at radius 1 is 1.44 bits per heavy atom. The number of aliphatic carboxylic acids is 1. The molecular formula is C12H12ClN3O2. The second-order valence-electron chi connectivity index (χ2n) is 4.06. The Morgan fingerprint density at radius 2 is 2.11 bits per heavy atom. The van der Waals surface area contributed by atoms with Crippen LogP contribution in [-0.4, -0.2) is 26.1 Å². The minimum absolute atomic E-state index is 0.380. The molecule has 0 spiro atoms. The molecule has 0 fully saturated rings. The van der Waals surface area contributed by atoms with Gasteiger partial charge in [0.15, 0.2) is 0 Å². The van der Waals surface area contributed by atoms with Gasteiger partial charge in [0, 0.05) is 11.4 Å². The second kappa shape index (κ2) is 5.18. The SMILES string of the molecule is CC(Cc1cnnn1-c1ccc(Cl)cc1)C(=O)O. The van der Waals surface area contributed by atoms with Crippen LogP contribution < -0.4 is 0 Å². The molecule has 0 aliphatic rings. The molecule has 0 radical (unpaired) electrons. The molecule has 0 saturated heterocycles. The van der Waals surface area contributed by atoms with Gasteiger partial charge in [-0.3, -0.25) is 4.79 Å². The molecule has 18 heavy (non-hydrogen) atoms. The Hall–Kier alpha value is -1.88. The van der Waals surface area contributed by atoms with Crippen LogP contribution in [0.3, 0.4) is 0 Å². The topological polar surface area (TPSA) is 68.0 Å². The van der Waals surface area contributed by atoms with Gasteiger partial charge in [0.1, 0.15) is 0 Å². The van der Waals surface area contributed by atoms with Gasteiger partial charge < -0.3 is 5.11 Å². The van der Waals surface area contributed by atoms with Crippen LogP contribution in [0.25, 0.3) is 5.69 Å². The number of carboxylic acids is 1. The molecule has 2 rings (SSSR count).